The van der Waals surface area contributed by atoms with Crippen molar-refractivity contribution in [2.45, 2.75) is 57.8 Å². The predicted molar refractivity (Wildman–Crippen MR) is 139 cm³/mol. The van der Waals surface area contributed by atoms with Crippen molar-refractivity contribution in [2.75, 3.05) is 24.4 Å². The van der Waals surface area contributed by atoms with E-state index in [2.05, 4.69) is 44.7 Å². The maximum atomic E-state index is 12.9. The minimum absolute atomic E-state index is 0.0620. The second-order valence-corrected chi connectivity index (χ2v) is 12.3. The molecule has 0 aromatic heterocycles. The number of hydrogen-bond donors (Lipinski definition) is 2. The van der Waals surface area contributed by atoms with Crippen LogP contribution in [-0.2, 0) is 20.2 Å². The van der Waals surface area contributed by atoms with Crippen LogP contribution >= 0.6 is 0 Å². The van der Waals surface area contributed by atoms with E-state index >= 15 is 0 Å². The Hall–Kier alpha value is -2.87. The molecule has 7 nitrogen and oxygen atoms in total. The van der Waals surface area contributed by atoms with Crippen molar-refractivity contribution >= 4 is 27.5 Å². The van der Waals surface area contributed by atoms with Gasteiger partial charge in [0.1, 0.15) is 0 Å². The fourth-order valence-corrected chi connectivity index (χ4v) is 5.06. The fraction of sp³-hybridized carbons (Fsp3) is 0.481. The average Bonchev–Trinajstić information content (AvgIpc) is 2.82. The van der Waals surface area contributed by atoms with Gasteiger partial charge in [-0.3, -0.25) is 14.3 Å². The molecular weight excluding hydrogens is 462 g/mol. The van der Waals surface area contributed by atoms with Gasteiger partial charge in [0, 0.05) is 36.8 Å². The van der Waals surface area contributed by atoms with Gasteiger partial charge in [-0.25, -0.2) is 8.42 Å². The maximum Gasteiger partial charge on any atom is 0.261 e. The van der Waals surface area contributed by atoms with Crippen LogP contribution in [0.1, 0.15) is 63.4 Å². The average molecular weight is 500 g/mol. The molecule has 1 heterocycles. The number of amides is 2. The number of rotatable bonds is 7. The van der Waals surface area contributed by atoms with Crippen molar-refractivity contribution in [3.63, 3.8) is 0 Å². The molecule has 2 aromatic carbocycles. The highest BCUT2D eigenvalue weighted by molar-refractivity contribution is 7.92. The Labute approximate surface area is 209 Å². The molecule has 1 saturated heterocycles. The first kappa shape index (κ1) is 26.7. The molecule has 0 aliphatic carbocycles. The molecule has 1 fully saturated rings. The van der Waals surface area contributed by atoms with E-state index in [0.29, 0.717) is 49.6 Å². The minimum atomic E-state index is -3.74. The molecule has 3 rings (SSSR count). The molecular formula is C27H37N3O4S. The summed E-state index contributed by atoms with van der Waals surface area (Å²) in [6.07, 6.45) is 1.28. The Morgan fingerprint density at radius 1 is 0.971 bits per heavy atom. The summed E-state index contributed by atoms with van der Waals surface area (Å²) in [5.41, 5.74) is 1.87. The number of likely N-dealkylation sites (tertiary alicyclic amines) is 1. The number of benzene rings is 2. The number of piperidine rings is 1. The Kier molecular flexibility index (Phi) is 8.26. The third kappa shape index (κ3) is 7.07. The second-order valence-electron chi connectivity index (χ2n) is 10.7. The number of carbonyl (C=O) groups is 2. The molecule has 1 aliphatic heterocycles. The molecule has 2 amide bonds. The third-order valence-corrected chi connectivity index (χ3v) is 7.65. The van der Waals surface area contributed by atoms with Gasteiger partial charge in [0.15, 0.2) is 0 Å². The highest BCUT2D eigenvalue weighted by atomic mass is 32.2. The molecule has 0 radical (unpaired) electrons. The van der Waals surface area contributed by atoms with E-state index in [1.165, 1.54) is 0 Å². The standard InChI is InChI=1S/C27H37N3O4S/c1-19(2)18-28-25(31)20-14-16-30(17-15-20)26(32)21-6-10-23(11-7-21)29-35(33,34)24-12-8-22(9-13-24)27(3,4)5/h6-13,19-20,29H,14-18H2,1-5H3,(H,28,31). The topological polar surface area (TPSA) is 95.6 Å². The van der Waals surface area contributed by atoms with Gasteiger partial charge < -0.3 is 10.2 Å². The van der Waals surface area contributed by atoms with Crippen LogP contribution in [-0.4, -0.2) is 44.8 Å². The molecule has 1 aliphatic rings. The van der Waals surface area contributed by atoms with Gasteiger partial charge in [0.05, 0.1) is 4.90 Å². The van der Waals surface area contributed by atoms with Crippen LogP contribution in [0, 0.1) is 11.8 Å². The zero-order chi connectivity index (χ0) is 25.8. The largest absolute Gasteiger partial charge is 0.356 e. The monoisotopic (exact) mass is 499 g/mol. The van der Waals surface area contributed by atoms with Gasteiger partial charge >= 0.3 is 0 Å². The first-order chi connectivity index (χ1) is 16.4. The molecule has 2 aromatic rings. The van der Waals surface area contributed by atoms with Gasteiger partial charge in [-0.2, -0.15) is 0 Å². The van der Waals surface area contributed by atoms with Crippen molar-refractivity contribution in [1.29, 1.82) is 0 Å². The molecule has 0 saturated carbocycles. The van der Waals surface area contributed by atoms with E-state index in [9.17, 15) is 18.0 Å². The number of nitrogens with one attached hydrogen (secondary N) is 2. The normalized spacial score (nSPS) is 15.2. The lowest BCUT2D eigenvalue weighted by Crippen LogP contribution is -2.43. The molecule has 0 unspecified atom stereocenters. The smallest absolute Gasteiger partial charge is 0.261 e. The molecule has 0 spiro atoms. The minimum Gasteiger partial charge on any atom is -0.356 e. The van der Waals surface area contributed by atoms with Gasteiger partial charge in [-0.1, -0.05) is 46.8 Å². The fourth-order valence-electron chi connectivity index (χ4n) is 4.01. The van der Waals surface area contributed by atoms with E-state index in [1.54, 1.807) is 41.3 Å². The highest BCUT2D eigenvalue weighted by Gasteiger charge is 2.28. The zero-order valence-corrected chi connectivity index (χ0v) is 22.1. The molecule has 2 N–H and O–H groups in total. The number of hydrogen-bond acceptors (Lipinski definition) is 4. The summed E-state index contributed by atoms with van der Waals surface area (Å²) < 4.78 is 28.1. The Morgan fingerprint density at radius 3 is 2.06 bits per heavy atom. The summed E-state index contributed by atoms with van der Waals surface area (Å²) in [4.78, 5) is 27.1. The van der Waals surface area contributed by atoms with Gasteiger partial charge in [-0.15, -0.1) is 0 Å². The number of carbonyl (C=O) groups excluding carboxylic acids is 2. The number of sulfonamides is 1. The third-order valence-electron chi connectivity index (χ3n) is 6.25. The quantitative estimate of drug-likeness (QED) is 0.590. The summed E-state index contributed by atoms with van der Waals surface area (Å²) in [7, 11) is -3.74. The lowest BCUT2D eigenvalue weighted by atomic mass is 9.87. The van der Waals surface area contributed by atoms with Crippen molar-refractivity contribution in [1.82, 2.24) is 10.2 Å². The van der Waals surface area contributed by atoms with Crippen LogP contribution < -0.4 is 10.0 Å². The Bertz CT molecular complexity index is 1130. The molecule has 190 valence electrons. The van der Waals surface area contributed by atoms with E-state index in [0.717, 1.165) is 5.56 Å². The number of anilines is 1. The second kappa shape index (κ2) is 10.8. The van der Waals surface area contributed by atoms with Gasteiger partial charge in [0.2, 0.25) is 5.91 Å². The van der Waals surface area contributed by atoms with E-state index in [1.807, 2.05) is 12.1 Å². The van der Waals surface area contributed by atoms with E-state index < -0.39 is 10.0 Å². The Balaban J connectivity index is 1.58. The Morgan fingerprint density at radius 2 is 1.54 bits per heavy atom. The summed E-state index contributed by atoms with van der Waals surface area (Å²) >= 11 is 0. The molecule has 35 heavy (non-hydrogen) atoms. The van der Waals surface area contributed by atoms with Crippen molar-refractivity contribution in [2.24, 2.45) is 11.8 Å². The van der Waals surface area contributed by atoms with Crippen LogP contribution in [0.2, 0.25) is 0 Å². The first-order valence-corrected chi connectivity index (χ1v) is 13.7. The van der Waals surface area contributed by atoms with Crippen molar-refractivity contribution in [3.8, 4) is 0 Å². The first-order valence-electron chi connectivity index (χ1n) is 12.2. The lowest BCUT2D eigenvalue weighted by molar-refractivity contribution is -0.126. The van der Waals surface area contributed by atoms with E-state index in [4.69, 9.17) is 0 Å². The van der Waals surface area contributed by atoms with Crippen LogP contribution in [0.5, 0.6) is 0 Å². The van der Waals surface area contributed by atoms with Crippen LogP contribution in [0.4, 0.5) is 5.69 Å². The van der Waals surface area contributed by atoms with Crippen LogP contribution in [0.25, 0.3) is 0 Å². The molecule has 0 bridgehead atoms. The SMILES string of the molecule is CC(C)CNC(=O)C1CCN(C(=O)c2ccc(NS(=O)(=O)c3ccc(C(C)(C)C)cc3)cc2)CC1. The molecule has 0 atom stereocenters. The van der Waals surface area contributed by atoms with Crippen molar-refractivity contribution in [3.05, 3.63) is 59.7 Å². The zero-order valence-electron chi connectivity index (χ0n) is 21.3. The highest BCUT2D eigenvalue weighted by Crippen LogP contribution is 2.25. The summed E-state index contributed by atoms with van der Waals surface area (Å²) in [6.45, 7) is 12.1. The summed E-state index contributed by atoms with van der Waals surface area (Å²) in [5.74, 6) is 0.294. The maximum absolute atomic E-state index is 12.9. The molecule has 8 heteroatoms. The van der Waals surface area contributed by atoms with Crippen LogP contribution in [0.15, 0.2) is 53.4 Å². The van der Waals surface area contributed by atoms with Gasteiger partial charge in [0.25, 0.3) is 15.9 Å². The summed E-state index contributed by atoms with van der Waals surface area (Å²) in [5, 5.41) is 2.97. The van der Waals surface area contributed by atoms with Gasteiger partial charge in [-0.05, 0) is 66.1 Å². The van der Waals surface area contributed by atoms with Crippen molar-refractivity contribution < 1.29 is 18.0 Å². The summed E-state index contributed by atoms with van der Waals surface area (Å²) in [6, 6.07) is 13.3. The van der Waals surface area contributed by atoms with E-state index in [-0.39, 0.29) is 28.0 Å². The lowest BCUT2D eigenvalue weighted by Gasteiger charge is -2.31. The van der Waals surface area contributed by atoms with Crippen LogP contribution in [0.3, 0.4) is 0 Å². The predicted octanol–water partition coefficient (Wildman–Crippen LogP) is 4.41. The number of nitrogens with zero attached hydrogens (tertiary/aromatic N) is 1.